The molecule has 0 heterocycles. The zero-order chi connectivity index (χ0) is 16.2. The van der Waals surface area contributed by atoms with E-state index in [1.165, 1.54) is 0 Å². The number of rotatable bonds is 6. The number of halogens is 2. The molecule has 1 N–H and O–H groups in total. The first-order chi connectivity index (χ1) is 10.4. The van der Waals surface area contributed by atoms with Crippen LogP contribution >= 0.6 is 31.9 Å². The summed E-state index contributed by atoms with van der Waals surface area (Å²) in [4.78, 5) is 0.197. The molecule has 2 aromatic carbocycles. The van der Waals surface area contributed by atoms with Crippen LogP contribution in [0.25, 0.3) is 0 Å². The molecular weight excluding hydrogens is 434 g/mol. The highest BCUT2D eigenvalue weighted by molar-refractivity contribution is 9.11. The van der Waals surface area contributed by atoms with Gasteiger partial charge in [0.15, 0.2) is 0 Å². The molecule has 0 aliphatic rings. The zero-order valence-corrected chi connectivity index (χ0v) is 15.8. The first kappa shape index (κ1) is 17.5. The van der Waals surface area contributed by atoms with E-state index in [-0.39, 0.29) is 11.4 Å². The van der Waals surface area contributed by atoms with Crippen LogP contribution in [-0.4, -0.2) is 15.0 Å². The number of sulfonamides is 1. The summed E-state index contributed by atoms with van der Waals surface area (Å²) in [6.45, 7) is 2.67. The van der Waals surface area contributed by atoms with Crippen LogP contribution in [0.15, 0.2) is 56.3 Å². The Hall–Kier alpha value is -0.890. The van der Waals surface area contributed by atoms with Crippen LogP contribution < -0.4 is 9.46 Å². The fraction of sp³-hybridized carbons (Fsp3) is 0.200. The van der Waals surface area contributed by atoms with Crippen molar-refractivity contribution in [3.63, 3.8) is 0 Å². The molecule has 0 bridgehead atoms. The highest BCUT2D eigenvalue weighted by Gasteiger charge is 2.17. The predicted octanol–water partition coefficient (Wildman–Crippen LogP) is 4.09. The lowest BCUT2D eigenvalue weighted by atomic mass is 10.2. The van der Waals surface area contributed by atoms with E-state index in [9.17, 15) is 8.42 Å². The van der Waals surface area contributed by atoms with Crippen molar-refractivity contribution in [3.8, 4) is 5.75 Å². The third-order valence-electron chi connectivity index (χ3n) is 2.86. The molecule has 0 saturated carbocycles. The Bertz CT molecular complexity index is 763. The first-order valence-electron chi connectivity index (χ1n) is 6.59. The third-order valence-corrected chi connectivity index (χ3v) is 5.75. The minimum Gasteiger partial charge on any atom is -0.494 e. The minimum absolute atomic E-state index is 0.197. The maximum Gasteiger partial charge on any atom is 0.242 e. The van der Waals surface area contributed by atoms with E-state index < -0.39 is 10.0 Å². The van der Waals surface area contributed by atoms with Crippen LogP contribution in [0.5, 0.6) is 5.75 Å². The van der Waals surface area contributed by atoms with Crippen molar-refractivity contribution < 1.29 is 13.2 Å². The monoisotopic (exact) mass is 447 g/mol. The number of benzene rings is 2. The Kier molecular flexibility index (Phi) is 6.02. The summed E-state index contributed by atoms with van der Waals surface area (Å²) >= 11 is 6.55. The zero-order valence-electron chi connectivity index (χ0n) is 11.8. The molecule has 0 saturated heterocycles. The molecule has 2 aromatic rings. The Balaban J connectivity index is 2.16. The molecular formula is C15H15Br2NO3S. The standard InChI is InChI=1S/C15H15Br2NO3S/c1-2-21-13-5-3-4-11(8-13)10-18-22(19,20)15-9-12(16)6-7-14(15)17/h3-9,18H,2,10H2,1H3. The summed E-state index contributed by atoms with van der Waals surface area (Å²) in [5.41, 5.74) is 0.834. The summed E-state index contributed by atoms with van der Waals surface area (Å²) in [6.07, 6.45) is 0. The average molecular weight is 449 g/mol. The second-order valence-electron chi connectivity index (χ2n) is 4.48. The molecule has 0 unspecified atom stereocenters. The molecule has 0 amide bonds. The van der Waals surface area contributed by atoms with Crippen LogP contribution in [-0.2, 0) is 16.6 Å². The molecule has 0 aromatic heterocycles. The summed E-state index contributed by atoms with van der Waals surface area (Å²) in [7, 11) is -3.60. The van der Waals surface area contributed by atoms with Crippen molar-refractivity contribution in [2.75, 3.05) is 6.61 Å². The van der Waals surface area contributed by atoms with E-state index in [1.54, 1.807) is 18.2 Å². The molecule has 7 heteroatoms. The topological polar surface area (TPSA) is 55.4 Å². The maximum absolute atomic E-state index is 12.4. The van der Waals surface area contributed by atoms with E-state index in [4.69, 9.17) is 4.74 Å². The summed E-state index contributed by atoms with van der Waals surface area (Å²) in [5, 5.41) is 0. The van der Waals surface area contributed by atoms with E-state index in [1.807, 2.05) is 31.2 Å². The van der Waals surface area contributed by atoms with Crippen molar-refractivity contribution in [1.29, 1.82) is 0 Å². The summed E-state index contributed by atoms with van der Waals surface area (Å²) in [5.74, 6) is 0.725. The van der Waals surface area contributed by atoms with Gasteiger partial charge in [-0.15, -0.1) is 0 Å². The van der Waals surface area contributed by atoms with E-state index in [0.717, 1.165) is 11.3 Å². The van der Waals surface area contributed by atoms with Gasteiger partial charge in [0, 0.05) is 15.5 Å². The van der Waals surface area contributed by atoms with Crippen LogP contribution in [0, 0.1) is 0 Å². The fourth-order valence-corrected chi connectivity index (χ4v) is 4.37. The largest absolute Gasteiger partial charge is 0.494 e. The van der Waals surface area contributed by atoms with Crippen LogP contribution in [0.1, 0.15) is 12.5 Å². The van der Waals surface area contributed by atoms with Gasteiger partial charge in [-0.25, -0.2) is 13.1 Å². The van der Waals surface area contributed by atoms with Gasteiger partial charge in [-0.3, -0.25) is 0 Å². The van der Waals surface area contributed by atoms with Crippen LogP contribution in [0.3, 0.4) is 0 Å². The second kappa shape index (κ2) is 7.59. The molecule has 0 atom stereocenters. The molecule has 4 nitrogen and oxygen atoms in total. The maximum atomic E-state index is 12.4. The minimum atomic E-state index is -3.60. The average Bonchev–Trinajstić information content (AvgIpc) is 2.48. The number of ether oxygens (including phenoxy) is 1. The lowest BCUT2D eigenvalue weighted by molar-refractivity contribution is 0.340. The van der Waals surface area contributed by atoms with Gasteiger partial charge in [-0.2, -0.15) is 0 Å². The Labute approximate surface area is 147 Å². The van der Waals surface area contributed by atoms with Gasteiger partial charge in [0.25, 0.3) is 0 Å². The van der Waals surface area contributed by atoms with E-state index in [0.29, 0.717) is 15.6 Å². The Morgan fingerprint density at radius 3 is 2.64 bits per heavy atom. The molecule has 0 aliphatic heterocycles. The first-order valence-corrected chi connectivity index (χ1v) is 9.66. The molecule has 22 heavy (non-hydrogen) atoms. The SMILES string of the molecule is CCOc1cccc(CNS(=O)(=O)c2cc(Br)ccc2Br)c1. The van der Waals surface area contributed by atoms with Gasteiger partial charge in [-0.1, -0.05) is 28.1 Å². The Morgan fingerprint density at radius 2 is 1.91 bits per heavy atom. The third kappa shape index (κ3) is 4.55. The van der Waals surface area contributed by atoms with Gasteiger partial charge in [0.2, 0.25) is 10.0 Å². The van der Waals surface area contributed by atoms with Gasteiger partial charge < -0.3 is 4.74 Å². The van der Waals surface area contributed by atoms with Crippen LogP contribution in [0.2, 0.25) is 0 Å². The van der Waals surface area contributed by atoms with Gasteiger partial charge in [0.1, 0.15) is 5.75 Å². The van der Waals surface area contributed by atoms with Crippen LogP contribution in [0.4, 0.5) is 0 Å². The van der Waals surface area contributed by atoms with Crippen molar-refractivity contribution in [3.05, 3.63) is 57.0 Å². The van der Waals surface area contributed by atoms with Gasteiger partial charge in [0.05, 0.1) is 11.5 Å². The highest BCUT2D eigenvalue weighted by Crippen LogP contribution is 2.25. The molecule has 0 aliphatic carbocycles. The van der Waals surface area contributed by atoms with Gasteiger partial charge in [-0.05, 0) is 58.7 Å². The summed E-state index contributed by atoms with van der Waals surface area (Å²) in [6, 6.07) is 12.4. The molecule has 0 spiro atoms. The fourth-order valence-electron chi connectivity index (χ4n) is 1.85. The lowest BCUT2D eigenvalue weighted by Crippen LogP contribution is -2.23. The highest BCUT2D eigenvalue weighted by atomic mass is 79.9. The molecule has 0 fully saturated rings. The van der Waals surface area contributed by atoms with E-state index in [2.05, 4.69) is 36.6 Å². The smallest absolute Gasteiger partial charge is 0.242 e. The predicted molar refractivity (Wildman–Crippen MR) is 93.5 cm³/mol. The van der Waals surface area contributed by atoms with Crippen molar-refractivity contribution in [2.24, 2.45) is 0 Å². The Morgan fingerprint density at radius 1 is 1.14 bits per heavy atom. The molecule has 118 valence electrons. The number of hydrogen-bond acceptors (Lipinski definition) is 3. The number of hydrogen-bond donors (Lipinski definition) is 1. The van der Waals surface area contributed by atoms with Gasteiger partial charge >= 0.3 is 0 Å². The van der Waals surface area contributed by atoms with Crippen molar-refractivity contribution in [1.82, 2.24) is 4.72 Å². The molecule has 2 rings (SSSR count). The molecule has 0 radical (unpaired) electrons. The number of nitrogens with one attached hydrogen (secondary N) is 1. The normalized spacial score (nSPS) is 11.4. The summed E-state index contributed by atoms with van der Waals surface area (Å²) < 4.78 is 34.0. The second-order valence-corrected chi connectivity index (χ2v) is 7.99. The quantitative estimate of drug-likeness (QED) is 0.723. The van der Waals surface area contributed by atoms with Crippen molar-refractivity contribution >= 4 is 41.9 Å². The van der Waals surface area contributed by atoms with E-state index >= 15 is 0 Å². The lowest BCUT2D eigenvalue weighted by Gasteiger charge is -2.10. The van der Waals surface area contributed by atoms with Crippen molar-refractivity contribution in [2.45, 2.75) is 18.4 Å².